The number of nitrogens with zero attached hydrogens (tertiary/aromatic N) is 4. The molecular weight excluding hydrogens is 270 g/mol. The first-order valence-electron chi connectivity index (χ1n) is 6.80. The third-order valence-electron chi connectivity index (χ3n) is 3.30. The maximum absolute atomic E-state index is 12.2. The number of hydrogen-bond donors (Lipinski definition) is 2. The summed E-state index contributed by atoms with van der Waals surface area (Å²) in [6, 6.07) is 6.76. The minimum atomic E-state index is -0.268. The number of benzene rings is 1. The van der Waals surface area contributed by atoms with Gasteiger partial charge in [-0.15, -0.1) is 5.10 Å². The number of aliphatic hydroxyl groups excluding tert-OH is 1. The fraction of sp³-hybridized carbons (Fsp3) is 0.429. The lowest BCUT2D eigenvalue weighted by atomic mass is 10.0. The van der Waals surface area contributed by atoms with Gasteiger partial charge < -0.3 is 10.4 Å². The van der Waals surface area contributed by atoms with Gasteiger partial charge >= 0.3 is 0 Å². The fourth-order valence-corrected chi connectivity index (χ4v) is 1.92. The number of amides is 1. The van der Waals surface area contributed by atoms with E-state index in [4.69, 9.17) is 0 Å². The second-order valence-corrected chi connectivity index (χ2v) is 5.19. The van der Waals surface area contributed by atoms with Gasteiger partial charge in [-0.3, -0.25) is 4.79 Å². The van der Waals surface area contributed by atoms with Gasteiger partial charge in [-0.25, -0.2) is 0 Å². The van der Waals surface area contributed by atoms with Gasteiger partial charge in [-0.2, -0.15) is 4.68 Å². The van der Waals surface area contributed by atoms with Crippen molar-refractivity contribution >= 4 is 5.91 Å². The van der Waals surface area contributed by atoms with Crippen LogP contribution >= 0.6 is 0 Å². The maximum atomic E-state index is 12.2. The average Bonchev–Trinajstić information content (AvgIpc) is 2.90. The number of aryl methyl sites for hydroxylation is 1. The van der Waals surface area contributed by atoms with E-state index in [9.17, 15) is 9.90 Å². The van der Waals surface area contributed by atoms with Crippen LogP contribution in [0.5, 0.6) is 0 Å². The number of hydrogen-bond acceptors (Lipinski definition) is 5. The van der Waals surface area contributed by atoms with Crippen molar-refractivity contribution in [1.29, 1.82) is 0 Å². The minimum absolute atomic E-state index is 0.0881. The molecule has 112 valence electrons. The Morgan fingerprint density at radius 3 is 2.76 bits per heavy atom. The number of carbonyl (C=O) groups is 1. The molecule has 0 aliphatic heterocycles. The lowest BCUT2D eigenvalue weighted by molar-refractivity contribution is 0.0897. The molecule has 0 aliphatic carbocycles. The molecule has 21 heavy (non-hydrogen) atoms. The fourth-order valence-electron chi connectivity index (χ4n) is 1.92. The summed E-state index contributed by atoms with van der Waals surface area (Å²) < 4.78 is 1.56. The van der Waals surface area contributed by atoms with Crippen LogP contribution in [-0.4, -0.2) is 43.9 Å². The van der Waals surface area contributed by atoms with E-state index in [1.54, 1.807) is 29.8 Å². The van der Waals surface area contributed by atoms with Crippen LogP contribution in [0.15, 0.2) is 24.3 Å². The molecule has 7 heteroatoms. The van der Waals surface area contributed by atoms with Crippen molar-refractivity contribution < 1.29 is 9.90 Å². The van der Waals surface area contributed by atoms with E-state index >= 15 is 0 Å². The molecule has 0 radical (unpaired) electrons. The standard InChI is InChI=1S/C14H19N5O2/c1-9(2)13(8-20)15-14(21)11-5-4-6-12(7-11)19-10(3)16-17-18-19/h4-7,9,13,20H,8H2,1-3H3,(H,15,21)/t13-/m0/s1. The molecule has 7 nitrogen and oxygen atoms in total. The molecule has 2 N–H and O–H groups in total. The molecule has 1 aromatic heterocycles. The zero-order chi connectivity index (χ0) is 15.4. The highest BCUT2D eigenvalue weighted by atomic mass is 16.3. The van der Waals surface area contributed by atoms with Gasteiger partial charge in [0.25, 0.3) is 5.91 Å². The lowest BCUT2D eigenvalue weighted by Gasteiger charge is -2.20. The van der Waals surface area contributed by atoms with Crippen LogP contribution in [0.2, 0.25) is 0 Å². The first-order chi connectivity index (χ1) is 10.0. The van der Waals surface area contributed by atoms with Crippen LogP contribution in [0, 0.1) is 12.8 Å². The van der Waals surface area contributed by atoms with E-state index in [0.717, 1.165) is 5.69 Å². The number of nitrogens with one attached hydrogen (secondary N) is 1. The zero-order valence-electron chi connectivity index (χ0n) is 12.3. The molecule has 0 aliphatic rings. The number of rotatable bonds is 5. The van der Waals surface area contributed by atoms with Crippen LogP contribution in [0.1, 0.15) is 30.0 Å². The summed E-state index contributed by atoms with van der Waals surface area (Å²) in [5.41, 5.74) is 1.22. The molecule has 2 rings (SSSR count). The summed E-state index contributed by atoms with van der Waals surface area (Å²) >= 11 is 0. The first-order valence-corrected chi connectivity index (χ1v) is 6.80. The van der Waals surface area contributed by atoms with E-state index in [1.165, 1.54) is 0 Å². The van der Waals surface area contributed by atoms with Crippen molar-refractivity contribution in [2.75, 3.05) is 6.61 Å². The highest BCUT2D eigenvalue weighted by Gasteiger charge is 2.16. The topological polar surface area (TPSA) is 92.9 Å². The Morgan fingerprint density at radius 1 is 1.43 bits per heavy atom. The Balaban J connectivity index is 2.21. The first kappa shape index (κ1) is 15.1. The van der Waals surface area contributed by atoms with Crippen molar-refractivity contribution in [3.63, 3.8) is 0 Å². The number of carbonyl (C=O) groups excluding carboxylic acids is 1. The van der Waals surface area contributed by atoms with Gasteiger partial charge in [0.05, 0.1) is 18.3 Å². The summed E-state index contributed by atoms with van der Waals surface area (Å²) in [5, 5.41) is 23.4. The van der Waals surface area contributed by atoms with Crippen molar-refractivity contribution in [3.8, 4) is 5.69 Å². The SMILES string of the molecule is Cc1nnnn1-c1cccc(C(=O)N[C@@H](CO)C(C)C)c1. The van der Waals surface area contributed by atoms with Gasteiger partial charge in [0, 0.05) is 5.56 Å². The van der Waals surface area contributed by atoms with E-state index < -0.39 is 0 Å². The third-order valence-corrected chi connectivity index (χ3v) is 3.30. The van der Waals surface area contributed by atoms with Crippen molar-refractivity contribution in [3.05, 3.63) is 35.7 Å². The Hall–Kier alpha value is -2.28. The third kappa shape index (κ3) is 3.43. The van der Waals surface area contributed by atoms with Crippen LogP contribution in [0.4, 0.5) is 0 Å². The monoisotopic (exact) mass is 289 g/mol. The molecule has 1 atom stereocenters. The van der Waals surface area contributed by atoms with Crippen LogP contribution in [0.3, 0.4) is 0 Å². The summed E-state index contributed by atoms with van der Waals surface area (Å²) in [4.78, 5) is 12.2. The van der Waals surface area contributed by atoms with Gasteiger partial charge in [-0.05, 0) is 41.5 Å². The molecule has 1 heterocycles. The smallest absolute Gasteiger partial charge is 0.251 e. The van der Waals surface area contributed by atoms with E-state index in [1.807, 2.05) is 19.9 Å². The van der Waals surface area contributed by atoms with E-state index in [0.29, 0.717) is 11.4 Å². The van der Waals surface area contributed by atoms with Gasteiger partial charge in [-0.1, -0.05) is 19.9 Å². The lowest BCUT2D eigenvalue weighted by Crippen LogP contribution is -2.41. The number of tetrazole rings is 1. The summed E-state index contributed by atoms with van der Waals surface area (Å²) in [7, 11) is 0. The van der Waals surface area contributed by atoms with Gasteiger partial charge in [0.15, 0.2) is 5.82 Å². The number of aliphatic hydroxyl groups is 1. The Morgan fingerprint density at radius 2 is 2.19 bits per heavy atom. The predicted molar refractivity (Wildman–Crippen MR) is 77.1 cm³/mol. The Kier molecular flexibility index (Phi) is 4.64. The summed E-state index contributed by atoms with van der Waals surface area (Å²) in [6.45, 7) is 5.59. The Labute approximate surface area is 123 Å². The minimum Gasteiger partial charge on any atom is -0.394 e. The molecule has 0 unspecified atom stereocenters. The van der Waals surface area contributed by atoms with Crippen LogP contribution in [0.25, 0.3) is 5.69 Å². The van der Waals surface area contributed by atoms with E-state index in [-0.39, 0.29) is 24.5 Å². The van der Waals surface area contributed by atoms with Crippen LogP contribution in [-0.2, 0) is 0 Å². The quantitative estimate of drug-likeness (QED) is 0.846. The highest BCUT2D eigenvalue weighted by Crippen LogP contribution is 2.11. The molecule has 0 bridgehead atoms. The van der Waals surface area contributed by atoms with Crippen molar-refractivity contribution in [1.82, 2.24) is 25.5 Å². The molecule has 0 spiro atoms. The molecule has 2 aromatic rings. The average molecular weight is 289 g/mol. The zero-order valence-corrected chi connectivity index (χ0v) is 12.3. The van der Waals surface area contributed by atoms with Crippen LogP contribution < -0.4 is 5.32 Å². The summed E-state index contributed by atoms with van der Waals surface area (Å²) in [5.74, 6) is 0.571. The normalized spacial score (nSPS) is 12.4. The molecular formula is C14H19N5O2. The largest absolute Gasteiger partial charge is 0.394 e. The number of aromatic nitrogens is 4. The molecule has 1 amide bonds. The second kappa shape index (κ2) is 6.45. The van der Waals surface area contributed by atoms with E-state index in [2.05, 4.69) is 20.8 Å². The van der Waals surface area contributed by atoms with Gasteiger partial charge in [0.2, 0.25) is 0 Å². The van der Waals surface area contributed by atoms with Crippen molar-refractivity contribution in [2.45, 2.75) is 26.8 Å². The highest BCUT2D eigenvalue weighted by molar-refractivity contribution is 5.94. The second-order valence-electron chi connectivity index (χ2n) is 5.19. The van der Waals surface area contributed by atoms with Gasteiger partial charge in [0.1, 0.15) is 0 Å². The summed E-state index contributed by atoms with van der Waals surface area (Å²) in [6.07, 6.45) is 0. The molecule has 0 saturated carbocycles. The van der Waals surface area contributed by atoms with Crippen molar-refractivity contribution in [2.24, 2.45) is 5.92 Å². The maximum Gasteiger partial charge on any atom is 0.251 e. The molecule has 1 aromatic carbocycles. The predicted octanol–water partition coefficient (Wildman–Crippen LogP) is 0.717. The molecule has 0 saturated heterocycles. The molecule has 0 fully saturated rings. The Bertz CT molecular complexity index is 623.